The van der Waals surface area contributed by atoms with Gasteiger partial charge in [-0.3, -0.25) is 4.90 Å². The van der Waals surface area contributed by atoms with Crippen LogP contribution in [0.15, 0.2) is 18.5 Å². The number of halogens is 1. The van der Waals surface area contributed by atoms with E-state index in [1.54, 1.807) is 7.11 Å². The molecule has 0 bridgehead atoms. The first kappa shape index (κ1) is 17.1. The zero-order valence-corrected chi connectivity index (χ0v) is 15.4. The molecule has 0 saturated carbocycles. The fraction of sp³-hybridized carbons (Fsp3) is 0.500. The highest BCUT2D eigenvalue weighted by molar-refractivity contribution is 6.31. The van der Waals surface area contributed by atoms with Crippen LogP contribution in [-0.2, 0) is 24.9 Å². The third kappa shape index (κ3) is 3.68. The van der Waals surface area contributed by atoms with Crippen molar-refractivity contribution >= 4 is 11.6 Å². The van der Waals surface area contributed by atoms with Gasteiger partial charge in [-0.1, -0.05) is 32.4 Å². The van der Waals surface area contributed by atoms with Gasteiger partial charge in [0.15, 0.2) is 0 Å². The fourth-order valence-electron chi connectivity index (χ4n) is 2.83. The summed E-state index contributed by atoms with van der Waals surface area (Å²) >= 11 is 6.16. The van der Waals surface area contributed by atoms with Crippen LogP contribution in [0, 0.1) is 0 Å². The van der Waals surface area contributed by atoms with Crippen molar-refractivity contribution < 1.29 is 4.74 Å². The lowest BCUT2D eigenvalue weighted by Gasteiger charge is -2.29. The van der Waals surface area contributed by atoms with Crippen molar-refractivity contribution in [3.8, 4) is 5.88 Å². The lowest BCUT2D eigenvalue weighted by atomic mass is 9.95. The van der Waals surface area contributed by atoms with Crippen molar-refractivity contribution in [1.82, 2.24) is 19.9 Å². The molecular weight excluding hydrogens is 324 g/mol. The molecule has 0 unspecified atom stereocenters. The van der Waals surface area contributed by atoms with Crippen LogP contribution in [0.25, 0.3) is 0 Å². The van der Waals surface area contributed by atoms with Crippen molar-refractivity contribution in [2.75, 3.05) is 13.7 Å². The molecule has 5 nitrogen and oxygen atoms in total. The highest BCUT2D eigenvalue weighted by atomic mass is 35.5. The lowest BCUT2D eigenvalue weighted by molar-refractivity contribution is 0.241. The summed E-state index contributed by atoms with van der Waals surface area (Å²) in [5.74, 6) is 1.38. The number of aromatic nitrogens is 3. The first-order chi connectivity index (χ1) is 11.4. The predicted octanol–water partition coefficient (Wildman–Crippen LogP) is 3.39. The minimum atomic E-state index is -0.0162. The highest BCUT2D eigenvalue weighted by Crippen LogP contribution is 2.25. The number of hydrogen-bond acceptors (Lipinski definition) is 5. The van der Waals surface area contributed by atoms with Crippen molar-refractivity contribution in [3.63, 3.8) is 0 Å². The maximum Gasteiger partial charge on any atom is 0.232 e. The van der Waals surface area contributed by atoms with Crippen LogP contribution in [0.2, 0.25) is 5.02 Å². The summed E-state index contributed by atoms with van der Waals surface area (Å²) in [5, 5.41) is 0.547. The number of fused-ring (bicyclic) bond motifs is 1. The maximum absolute atomic E-state index is 6.16. The van der Waals surface area contributed by atoms with Crippen LogP contribution < -0.4 is 4.74 Å². The lowest BCUT2D eigenvalue weighted by Crippen LogP contribution is -2.32. The van der Waals surface area contributed by atoms with Gasteiger partial charge in [0.25, 0.3) is 0 Å². The predicted molar refractivity (Wildman–Crippen MR) is 94.3 cm³/mol. The largest absolute Gasteiger partial charge is 0.480 e. The molecule has 2 aromatic rings. The van der Waals surface area contributed by atoms with E-state index in [2.05, 4.69) is 35.6 Å². The van der Waals surface area contributed by atoms with Gasteiger partial charge in [-0.2, -0.15) is 0 Å². The molecule has 0 radical (unpaired) electrons. The molecule has 24 heavy (non-hydrogen) atoms. The van der Waals surface area contributed by atoms with E-state index in [1.807, 2.05) is 18.5 Å². The Bertz CT molecular complexity index is 742. The van der Waals surface area contributed by atoms with Gasteiger partial charge in [0.1, 0.15) is 10.8 Å². The quantitative estimate of drug-likeness (QED) is 0.852. The molecule has 0 fully saturated rings. The van der Waals surface area contributed by atoms with E-state index in [-0.39, 0.29) is 5.41 Å². The molecule has 2 aromatic heterocycles. The van der Waals surface area contributed by atoms with Crippen LogP contribution in [0.4, 0.5) is 0 Å². The Balaban J connectivity index is 1.72. The molecule has 0 amide bonds. The maximum atomic E-state index is 6.16. The molecule has 0 atom stereocenters. The molecular formula is C18H23ClN4O. The molecule has 1 aliphatic rings. The average Bonchev–Trinajstić information content (AvgIpc) is 2.53. The summed E-state index contributed by atoms with van der Waals surface area (Å²) < 4.78 is 5.10. The van der Waals surface area contributed by atoms with E-state index in [0.717, 1.165) is 37.4 Å². The zero-order chi connectivity index (χ0) is 17.3. The first-order valence-corrected chi connectivity index (χ1v) is 8.50. The van der Waals surface area contributed by atoms with Gasteiger partial charge < -0.3 is 4.74 Å². The van der Waals surface area contributed by atoms with Gasteiger partial charge in [0, 0.05) is 55.1 Å². The summed E-state index contributed by atoms with van der Waals surface area (Å²) in [7, 11) is 1.57. The fourth-order valence-corrected chi connectivity index (χ4v) is 3.10. The Morgan fingerprint density at radius 2 is 2.04 bits per heavy atom. The van der Waals surface area contributed by atoms with Gasteiger partial charge in [-0.05, 0) is 11.6 Å². The molecule has 0 aromatic carbocycles. The van der Waals surface area contributed by atoms with Crippen molar-refractivity contribution in [2.45, 2.75) is 45.7 Å². The zero-order valence-electron chi connectivity index (χ0n) is 14.6. The number of pyridine rings is 1. The van der Waals surface area contributed by atoms with E-state index in [1.165, 1.54) is 11.3 Å². The molecule has 3 rings (SSSR count). The molecule has 0 aliphatic carbocycles. The Morgan fingerprint density at radius 3 is 2.71 bits per heavy atom. The van der Waals surface area contributed by atoms with Gasteiger partial charge >= 0.3 is 0 Å². The third-order valence-corrected chi connectivity index (χ3v) is 4.42. The Morgan fingerprint density at radius 1 is 1.25 bits per heavy atom. The highest BCUT2D eigenvalue weighted by Gasteiger charge is 2.23. The molecule has 128 valence electrons. The molecule has 6 heteroatoms. The number of methoxy groups -OCH3 is 1. The second-order valence-corrected chi connectivity index (χ2v) is 7.62. The van der Waals surface area contributed by atoms with Crippen LogP contribution in [-0.4, -0.2) is 33.5 Å². The Labute approximate surface area is 148 Å². The van der Waals surface area contributed by atoms with Crippen LogP contribution in [0.5, 0.6) is 5.88 Å². The number of ether oxygens (including phenoxy) is 1. The van der Waals surface area contributed by atoms with Gasteiger partial charge in [0.2, 0.25) is 5.88 Å². The van der Waals surface area contributed by atoms with E-state index in [4.69, 9.17) is 21.3 Å². The molecule has 1 aliphatic heterocycles. The van der Waals surface area contributed by atoms with Gasteiger partial charge in [-0.25, -0.2) is 15.0 Å². The van der Waals surface area contributed by atoms with E-state index >= 15 is 0 Å². The summed E-state index contributed by atoms with van der Waals surface area (Å²) in [6.07, 6.45) is 4.74. The van der Waals surface area contributed by atoms with Crippen LogP contribution in [0.3, 0.4) is 0 Å². The van der Waals surface area contributed by atoms with E-state index in [9.17, 15) is 0 Å². The van der Waals surface area contributed by atoms with Crippen LogP contribution in [0.1, 0.15) is 43.4 Å². The summed E-state index contributed by atoms with van der Waals surface area (Å²) in [4.78, 5) is 15.9. The Kier molecular flexibility index (Phi) is 4.74. The second kappa shape index (κ2) is 6.65. The summed E-state index contributed by atoms with van der Waals surface area (Å²) in [6.45, 7) is 9.05. The number of rotatable bonds is 3. The monoisotopic (exact) mass is 346 g/mol. The van der Waals surface area contributed by atoms with Gasteiger partial charge in [-0.15, -0.1) is 0 Å². The SMILES string of the molecule is COc1ncc(CN2CCc3nc(C(C)(C)C)ncc3C2)cc1Cl. The number of hydrogen-bond donors (Lipinski definition) is 0. The average molecular weight is 347 g/mol. The number of nitrogens with zero attached hydrogens (tertiary/aromatic N) is 4. The molecule has 0 spiro atoms. The van der Waals surface area contributed by atoms with Crippen LogP contribution >= 0.6 is 11.6 Å². The van der Waals surface area contributed by atoms with E-state index in [0.29, 0.717) is 10.9 Å². The third-order valence-electron chi connectivity index (χ3n) is 4.15. The summed E-state index contributed by atoms with van der Waals surface area (Å²) in [5.41, 5.74) is 3.45. The molecule has 0 N–H and O–H groups in total. The summed E-state index contributed by atoms with van der Waals surface area (Å²) in [6, 6.07) is 1.92. The normalized spacial score (nSPS) is 15.2. The molecule has 3 heterocycles. The van der Waals surface area contributed by atoms with Crippen molar-refractivity contribution in [2.24, 2.45) is 0 Å². The first-order valence-electron chi connectivity index (χ1n) is 8.13. The molecule has 0 saturated heterocycles. The minimum absolute atomic E-state index is 0.0162. The van der Waals surface area contributed by atoms with Gasteiger partial charge in [0.05, 0.1) is 7.11 Å². The smallest absolute Gasteiger partial charge is 0.232 e. The standard InChI is InChI=1S/C18H23ClN4O/c1-18(2,3)17-21-9-13-11-23(6-5-15(13)22-17)10-12-7-14(19)16(24-4)20-8-12/h7-9H,5-6,10-11H2,1-4H3. The Hall–Kier alpha value is -1.72. The minimum Gasteiger partial charge on any atom is -0.480 e. The van der Waals surface area contributed by atoms with Crippen molar-refractivity contribution in [3.05, 3.63) is 46.1 Å². The van der Waals surface area contributed by atoms with E-state index < -0.39 is 0 Å². The topological polar surface area (TPSA) is 51.1 Å². The van der Waals surface area contributed by atoms with Crippen molar-refractivity contribution in [1.29, 1.82) is 0 Å². The second-order valence-electron chi connectivity index (χ2n) is 7.21.